The highest BCUT2D eigenvalue weighted by molar-refractivity contribution is 5.94. The fraction of sp³-hybridized carbons (Fsp3) is 0.235. The lowest BCUT2D eigenvalue weighted by atomic mass is 10.2. The monoisotopic (exact) mass is 391 g/mol. The van der Waals surface area contributed by atoms with Crippen molar-refractivity contribution in [3.05, 3.63) is 52.5 Å². The molecule has 0 radical (unpaired) electrons. The van der Waals surface area contributed by atoms with Crippen LogP contribution in [-0.4, -0.2) is 43.0 Å². The molecule has 0 atom stereocenters. The van der Waals surface area contributed by atoms with Gasteiger partial charge in [0.1, 0.15) is 5.75 Å². The molecule has 1 aromatic heterocycles. The summed E-state index contributed by atoms with van der Waals surface area (Å²) in [7, 11) is 1.30. The molecule has 11 nitrogen and oxygen atoms in total. The number of hydrogen-bond acceptors (Lipinski definition) is 8. The van der Waals surface area contributed by atoms with E-state index in [9.17, 15) is 24.5 Å². The van der Waals surface area contributed by atoms with Crippen LogP contribution in [0.5, 0.6) is 5.75 Å². The highest BCUT2D eigenvalue weighted by Crippen LogP contribution is 2.28. The molecule has 148 valence electrons. The standard InChI is InChI=1S/C17H17N3O8/c1-26-14-9-11(20(24)25)4-5-12(14)19-15(21)10-28-16(22)6-7-18-17(23)13-3-2-8-27-13/h2-5,8-9H,6-7,10H2,1H3,(H,18,23)(H,19,21). The van der Waals surface area contributed by atoms with Crippen LogP contribution in [0, 0.1) is 10.1 Å². The minimum atomic E-state index is -0.689. The van der Waals surface area contributed by atoms with Crippen molar-refractivity contribution in [3.8, 4) is 5.75 Å². The van der Waals surface area contributed by atoms with Gasteiger partial charge in [-0.1, -0.05) is 0 Å². The number of methoxy groups -OCH3 is 1. The number of nitro benzene ring substituents is 1. The average molecular weight is 391 g/mol. The Hall–Kier alpha value is -3.89. The van der Waals surface area contributed by atoms with Gasteiger partial charge >= 0.3 is 5.97 Å². The van der Waals surface area contributed by atoms with Crippen LogP contribution in [0.1, 0.15) is 17.0 Å². The van der Waals surface area contributed by atoms with E-state index in [-0.39, 0.29) is 35.9 Å². The van der Waals surface area contributed by atoms with Crippen molar-refractivity contribution in [1.82, 2.24) is 5.32 Å². The number of amides is 2. The molecule has 0 aliphatic heterocycles. The first-order valence-corrected chi connectivity index (χ1v) is 8.00. The number of esters is 1. The molecule has 0 aliphatic rings. The van der Waals surface area contributed by atoms with Crippen LogP contribution in [-0.2, 0) is 14.3 Å². The largest absolute Gasteiger partial charge is 0.494 e. The Morgan fingerprint density at radius 3 is 2.68 bits per heavy atom. The summed E-state index contributed by atoms with van der Waals surface area (Å²) in [6, 6.07) is 6.70. The van der Waals surface area contributed by atoms with Gasteiger partial charge in [-0.2, -0.15) is 0 Å². The van der Waals surface area contributed by atoms with Crippen LogP contribution in [0.3, 0.4) is 0 Å². The third kappa shape index (κ3) is 5.83. The molecule has 2 aromatic rings. The average Bonchev–Trinajstić information content (AvgIpc) is 3.21. The molecule has 0 fully saturated rings. The molecular formula is C17H17N3O8. The Bertz CT molecular complexity index is 863. The van der Waals surface area contributed by atoms with E-state index in [0.717, 1.165) is 6.07 Å². The fourth-order valence-corrected chi connectivity index (χ4v) is 2.07. The van der Waals surface area contributed by atoms with E-state index in [4.69, 9.17) is 13.9 Å². The number of anilines is 1. The zero-order chi connectivity index (χ0) is 20.5. The molecule has 28 heavy (non-hydrogen) atoms. The van der Waals surface area contributed by atoms with Crippen LogP contribution >= 0.6 is 0 Å². The normalized spacial score (nSPS) is 10.0. The summed E-state index contributed by atoms with van der Waals surface area (Å²) in [4.78, 5) is 45.3. The summed E-state index contributed by atoms with van der Waals surface area (Å²) < 4.78 is 14.7. The van der Waals surface area contributed by atoms with Crippen molar-refractivity contribution in [3.63, 3.8) is 0 Å². The lowest BCUT2D eigenvalue weighted by Gasteiger charge is -2.10. The number of hydrogen-bond donors (Lipinski definition) is 2. The van der Waals surface area contributed by atoms with E-state index in [1.165, 1.54) is 31.6 Å². The number of nitrogens with one attached hydrogen (secondary N) is 2. The predicted molar refractivity (Wildman–Crippen MR) is 94.9 cm³/mol. The van der Waals surface area contributed by atoms with Gasteiger partial charge < -0.3 is 24.5 Å². The van der Waals surface area contributed by atoms with Gasteiger partial charge in [-0.15, -0.1) is 0 Å². The zero-order valence-corrected chi connectivity index (χ0v) is 14.8. The van der Waals surface area contributed by atoms with Gasteiger partial charge in [0.25, 0.3) is 17.5 Å². The topological polar surface area (TPSA) is 150 Å². The number of rotatable bonds is 9. The number of carbonyl (C=O) groups excluding carboxylic acids is 3. The van der Waals surface area contributed by atoms with Crippen molar-refractivity contribution in [2.75, 3.05) is 25.6 Å². The summed E-state index contributed by atoms with van der Waals surface area (Å²) in [5.74, 6) is -1.61. The molecule has 1 heterocycles. The summed E-state index contributed by atoms with van der Waals surface area (Å²) in [5, 5.41) is 15.6. The molecule has 0 bridgehead atoms. The summed E-state index contributed by atoms with van der Waals surface area (Å²) >= 11 is 0. The second-order valence-electron chi connectivity index (χ2n) is 5.33. The van der Waals surface area contributed by atoms with E-state index in [1.54, 1.807) is 6.07 Å². The fourth-order valence-electron chi connectivity index (χ4n) is 2.07. The summed E-state index contributed by atoms with van der Waals surface area (Å²) in [6.07, 6.45) is 1.21. The molecular weight excluding hydrogens is 374 g/mol. The number of carbonyl (C=O) groups is 3. The highest BCUT2D eigenvalue weighted by atomic mass is 16.6. The highest BCUT2D eigenvalue weighted by Gasteiger charge is 2.15. The van der Waals surface area contributed by atoms with E-state index >= 15 is 0 Å². The summed E-state index contributed by atoms with van der Waals surface area (Å²) in [6.45, 7) is -0.554. The Kier molecular flexibility index (Phi) is 7.08. The molecule has 0 spiro atoms. The number of nitro groups is 1. The third-order valence-electron chi connectivity index (χ3n) is 3.39. The number of furan rings is 1. The minimum Gasteiger partial charge on any atom is -0.494 e. The lowest BCUT2D eigenvalue weighted by Crippen LogP contribution is -2.27. The first-order chi connectivity index (χ1) is 13.4. The van der Waals surface area contributed by atoms with Gasteiger partial charge in [0.15, 0.2) is 12.4 Å². The molecule has 0 unspecified atom stereocenters. The Balaban J connectivity index is 1.75. The van der Waals surface area contributed by atoms with Gasteiger partial charge in [-0.25, -0.2) is 0 Å². The van der Waals surface area contributed by atoms with E-state index in [2.05, 4.69) is 10.6 Å². The van der Waals surface area contributed by atoms with Crippen molar-refractivity contribution in [2.45, 2.75) is 6.42 Å². The molecule has 2 N–H and O–H groups in total. The molecule has 11 heteroatoms. The molecule has 1 aromatic carbocycles. The quantitative estimate of drug-likeness (QED) is 0.371. The van der Waals surface area contributed by atoms with E-state index in [1.807, 2.05) is 0 Å². The van der Waals surface area contributed by atoms with Crippen LogP contribution in [0.15, 0.2) is 41.0 Å². The van der Waals surface area contributed by atoms with Crippen LogP contribution < -0.4 is 15.4 Å². The van der Waals surface area contributed by atoms with Crippen molar-refractivity contribution < 1.29 is 33.2 Å². The SMILES string of the molecule is COc1cc([N+](=O)[O-])ccc1NC(=O)COC(=O)CCNC(=O)c1ccco1. The predicted octanol–water partition coefficient (Wildman–Crippen LogP) is 1.50. The van der Waals surface area contributed by atoms with Gasteiger partial charge in [0.2, 0.25) is 0 Å². The molecule has 2 rings (SSSR count). The van der Waals surface area contributed by atoms with Gasteiger partial charge in [0, 0.05) is 12.6 Å². The van der Waals surface area contributed by atoms with Crippen molar-refractivity contribution in [2.24, 2.45) is 0 Å². The number of benzene rings is 1. The number of nitrogens with zero attached hydrogens (tertiary/aromatic N) is 1. The first kappa shape index (κ1) is 20.4. The van der Waals surface area contributed by atoms with Crippen LogP contribution in [0.25, 0.3) is 0 Å². The van der Waals surface area contributed by atoms with Crippen LogP contribution in [0.2, 0.25) is 0 Å². The van der Waals surface area contributed by atoms with E-state index < -0.39 is 29.3 Å². The minimum absolute atomic E-state index is 0.0101. The second kappa shape index (κ2) is 9.71. The van der Waals surface area contributed by atoms with E-state index in [0.29, 0.717) is 0 Å². The number of ether oxygens (including phenoxy) is 2. The Morgan fingerprint density at radius 2 is 2.04 bits per heavy atom. The van der Waals surface area contributed by atoms with Gasteiger partial charge in [-0.3, -0.25) is 24.5 Å². The first-order valence-electron chi connectivity index (χ1n) is 8.00. The van der Waals surface area contributed by atoms with Crippen LogP contribution in [0.4, 0.5) is 11.4 Å². The smallest absolute Gasteiger partial charge is 0.308 e. The molecule has 0 saturated heterocycles. The maximum absolute atomic E-state index is 11.9. The summed E-state index contributed by atoms with van der Waals surface area (Å²) in [5.41, 5.74) is -0.00210. The molecule has 0 saturated carbocycles. The maximum Gasteiger partial charge on any atom is 0.308 e. The Labute approximate surface area is 158 Å². The molecule has 0 aliphatic carbocycles. The second-order valence-corrected chi connectivity index (χ2v) is 5.33. The van der Waals surface area contributed by atoms with Crippen molar-refractivity contribution in [1.29, 1.82) is 0 Å². The number of non-ortho nitro benzene ring substituents is 1. The van der Waals surface area contributed by atoms with Gasteiger partial charge in [-0.05, 0) is 18.2 Å². The molecule has 2 amide bonds. The lowest BCUT2D eigenvalue weighted by molar-refractivity contribution is -0.384. The van der Waals surface area contributed by atoms with Gasteiger partial charge in [0.05, 0.1) is 36.5 Å². The van der Waals surface area contributed by atoms with Crippen molar-refractivity contribution >= 4 is 29.2 Å². The third-order valence-corrected chi connectivity index (χ3v) is 3.39. The zero-order valence-electron chi connectivity index (χ0n) is 14.8. The Morgan fingerprint density at radius 1 is 1.25 bits per heavy atom. The maximum atomic E-state index is 11.9.